The van der Waals surface area contributed by atoms with Crippen LogP contribution < -0.4 is 4.74 Å². The van der Waals surface area contributed by atoms with Crippen molar-refractivity contribution < 1.29 is 32.2 Å². The molecule has 0 aliphatic heterocycles. The number of benzene rings is 2. The van der Waals surface area contributed by atoms with Crippen LogP contribution in [-0.2, 0) is 17.5 Å². The Morgan fingerprint density at radius 2 is 1.82 bits per heavy atom. The molecule has 9 heteroatoms. The van der Waals surface area contributed by atoms with E-state index in [0.717, 1.165) is 23.0 Å². The standard InChI is InChI=1S/C24H21F3N2O4/c1-14-20(32-21(28-14)15-4-6-17(7-5-15)24(25,26)27)13-29-11-10-16-12-18(8-9-19(16)29)33-23(2,3)22(30)31/h4-12H,13H2,1-3H3,(H,30,31). The number of nitrogens with zero attached hydrogens (tertiary/aromatic N) is 2. The largest absolute Gasteiger partial charge is 0.478 e. The molecule has 33 heavy (non-hydrogen) atoms. The Kier molecular flexibility index (Phi) is 5.43. The topological polar surface area (TPSA) is 77.5 Å². The monoisotopic (exact) mass is 458 g/mol. The second kappa shape index (κ2) is 7.99. The number of rotatable bonds is 6. The molecule has 0 spiro atoms. The van der Waals surface area contributed by atoms with E-state index in [1.54, 1.807) is 19.1 Å². The second-order valence-electron chi connectivity index (χ2n) is 8.18. The minimum absolute atomic E-state index is 0.249. The van der Waals surface area contributed by atoms with Crippen molar-refractivity contribution in [1.82, 2.24) is 9.55 Å². The molecule has 0 saturated heterocycles. The maximum absolute atomic E-state index is 12.8. The molecule has 0 aliphatic carbocycles. The van der Waals surface area contributed by atoms with E-state index in [-0.39, 0.29) is 5.89 Å². The molecule has 2 heterocycles. The van der Waals surface area contributed by atoms with Gasteiger partial charge in [-0.1, -0.05) is 0 Å². The number of alkyl halides is 3. The summed E-state index contributed by atoms with van der Waals surface area (Å²) < 4.78 is 51.8. The SMILES string of the molecule is Cc1nc(-c2ccc(C(F)(F)F)cc2)oc1Cn1ccc2cc(OC(C)(C)C(=O)O)ccc21. The highest BCUT2D eigenvalue weighted by molar-refractivity contribution is 5.82. The Labute approximate surface area is 187 Å². The van der Waals surface area contributed by atoms with Crippen LogP contribution in [0.3, 0.4) is 0 Å². The Morgan fingerprint density at radius 3 is 2.45 bits per heavy atom. The number of ether oxygens (including phenoxy) is 1. The van der Waals surface area contributed by atoms with Gasteiger partial charge >= 0.3 is 12.1 Å². The molecule has 0 amide bonds. The van der Waals surface area contributed by atoms with Gasteiger partial charge in [-0.3, -0.25) is 0 Å². The third-order valence-electron chi connectivity index (χ3n) is 5.30. The molecule has 0 bridgehead atoms. The van der Waals surface area contributed by atoms with Crippen LogP contribution >= 0.6 is 0 Å². The first kappa shape index (κ1) is 22.4. The van der Waals surface area contributed by atoms with Crippen LogP contribution in [-0.4, -0.2) is 26.2 Å². The normalized spacial score (nSPS) is 12.3. The van der Waals surface area contributed by atoms with Crippen molar-refractivity contribution in [3.63, 3.8) is 0 Å². The smallest absolute Gasteiger partial charge is 0.416 e. The maximum atomic E-state index is 12.8. The third-order valence-corrected chi connectivity index (χ3v) is 5.30. The lowest BCUT2D eigenvalue weighted by Gasteiger charge is -2.21. The lowest BCUT2D eigenvalue weighted by atomic mass is 10.1. The van der Waals surface area contributed by atoms with Crippen molar-refractivity contribution in [2.75, 3.05) is 0 Å². The van der Waals surface area contributed by atoms with Gasteiger partial charge in [0.25, 0.3) is 0 Å². The van der Waals surface area contributed by atoms with Crippen molar-refractivity contribution in [1.29, 1.82) is 0 Å². The van der Waals surface area contributed by atoms with E-state index >= 15 is 0 Å². The number of carboxylic acid groups (broad SMARTS) is 1. The summed E-state index contributed by atoms with van der Waals surface area (Å²) in [5, 5.41) is 10.1. The van der Waals surface area contributed by atoms with E-state index in [4.69, 9.17) is 9.15 Å². The minimum Gasteiger partial charge on any atom is -0.478 e. The molecule has 0 unspecified atom stereocenters. The van der Waals surface area contributed by atoms with Gasteiger partial charge in [-0.05, 0) is 69.3 Å². The number of aliphatic carboxylic acids is 1. The summed E-state index contributed by atoms with van der Waals surface area (Å²) in [6, 6.07) is 11.8. The predicted octanol–water partition coefficient (Wildman–Crippen LogP) is 5.91. The number of aryl methyl sites for hydroxylation is 1. The van der Waals surface area contributed by atoms with Crippen LogP contribution in [0.25, 0.3) is 22.4 Å². The van der Waals surface area contributed by atoms with Gasteiger partial charge in [0.15, 0.2) is 5.60 Å². The molecular formula is C24H21F3N2O4. The third kappa shape index (κ3) is 4.57. The van der Waals surface area contributed by atoms with Gasteiger partial charge in [-0.15, -0.1) is 0 Å². The Bertz CT molecular complexity index is 1320. The Balaban J connectivity index is 1.56. The lowest BCUT2D eigenvalue weighted by molar-refractivity contribution is -0.152. The van der Waals surface area contributed by atoms with Gasteiger partial charge < -0.3 is 18.8 Å². The predicted molar refractivity (Wildman–Crippen MR) is 115 cm³/mol. The first-order chi connectivity index (χ1) is 15.4. The molecule has 1 N–H and O–H groups in total. The molecule has 2 aromatic heterocycles. The average molecular weight is 458 g/mol. The van der Waals surface area contributed by atoms with Crippen molar-refractivity contribution in [3.8, 4) is 17.2 Å². The fourth-order valence-electron chi connectivity index (χ4n) is 3.37. The fourth-order valence-corrected chi connectivity index (χ4v) is 3.37. The summed E-state index contributed by atoms with van der Waals surface area (Å²) in [6.45, 7) is 5.10. The summed E-state index contributed by atoms with van der Waals surface area (Å²) in [4.78, 5) is 15.7. The highest BCUT2D eigenvalue weighted by Gasteiger charge is 2.30. The molecule has 0 radical (unpaired) electrons. The summed E-state index contributed by atoms with van der Waals surface area (Å²) in [5.41, 5.74) is -0.125. The molecule has 4 aromatic rings. The van der Waals surface area contributed by atoms with Gasteiger partial charge in [0.05, 0.1) is 17.8 Å². The van der Waals surface area contributed by atoms with E-state index in [1.807, 2.05) is 22.9 Å². The molecule has 4 rings (SSSR count). The van der Waals surface area contributed by atoms with Gasteiger partial charge in [0.2, 0.25) is 5.89 Å². The number of hydrogen-bond donors (Lipinski definition) is 1. The first-order valence-electron chi connectivity index (χ1n) is 10.1. The van der Waals surface area contributed by atoms with Crippen LogP contribution in [0.1, 0.15) is 30.9 Å². The van der Waals surface area contributed by atoms with Crippen molar-refractivity contribution >= 4 is 16.9 Å². The molecule has 0 atom stereocenters. The summed E-state index contributed by atoms with van der Waals surface area (Å²) in [5.74, 6) is 0.201. The molecule has 0 aliphatic rings. The summed E-state index contributed by atoms with van der Waals surface area (Å²) >= 11 is 0. The number of fused-ring (bicyclic) bond motifs is 1. The molecule has 172 valence electrons. The highest BCUT2D eigenvalue weighted by Crippen LogP contribution is 2.32. The molecular weight excluding hydrogens is 437 g/mol. The van der Waals surface area contributed by atoms with Gasteiger partial charge in [-0.2, -0.15) is 13.2 Å². The zero-order chi connectivity index (χ0) is 24.0. The van der Waals surface area contributed by atoms with Crippen LogP contribution in [0.5, 0.6) is 5.75 Å². The van der Waals surface area contributed by atoms with Crippen LogP contribution in [0.2, 0.25) is 0 Å². The Morgan fingerprint density at radius 1 is 1.12 bits per heavy atom. The maximum Gasteiger partial charge on any atom is 0.416 e. The average Bonchev–Trinajstić information content (AvgIpc) is 3.30. The van der Waals surface area contributed by atoms with E-state index in [2.05, 4.69) is 4.98 Å². The van der Waals surface area contributed by atoms with E-state index in [0.29, 0.717) is 29.3 Å². The number of halogens is 3. The summed E-state index contributed by atoms with van der Waals surface area (Å²) in [7, 11) is 0. The number of hydrogen-bond acceptors (Lipinski definition) is 4. The zero-order valence-electron chi connectivity index (χ0n) is 18.1. The van der Waals surface area contributed by atoms with Gasteiger partial charge in [-0.25, -0.2) is 9.78 Å². The molecule has 0 saturated carbocycles. The van der Waals surface area contributed by atoms with E-state index in [1.165, 1.54) is 26.0 Å². The number of carbonyl (C=O) groups is 1. The zero-order valence-corrected chi connectivity index (χ0v) is 18.1. The van der Waals surface area contributed by atoms with Crippen molar-refractivity contribution in [3.05, 3.63) is 71.7 Å². The second-order valence-corrected chi connectivity index (χ2v) is 8.18. The Hall–Kier alpha value is -3.75. The number of oxazole rings is 1. The van der Waals surface area contributed by atoms with Crippen LogP contribution in [0, 0.1) is 6.92 Å². The van der Waals surface area contributed by atoms with E-state index in [9.17, 15) is 23.1 Å². The van der Waals surface area contributed by atoms with Gasteiger partial charge in [0.1, 0.15) is 11.5 Å². The molecule has 0 fully saturated rings. The van der Waals surface area contributed by atoms with Crippen LogP contribution in [0.4, 0.5) is 13.2 Å². The number of carboxylic acids is 1. The summed E-state index contributed by atoms with van der Waals surface area (Å²) in [6.07, 6.45) is -2.55. The van der Waals surface area contributed by atoms with E-state index < -0.39 is 23.3 Å². The minimum atomic E-state index is -4.40. The van der Waals surface area contributed by atoms with Crippen LogP contribution in [0.15, 0.2) is 59.1 Å². The fraction of sp³-hybridized carbons (Fsp3) is 0.250. The van der Waals surface area contributed by atoms with Crippen molar-refractivity contribution in [2.24, 2.45) is 0 Å². The lowest BCUT2D eigenvalue weighted by Crippen LogP contribution is -2.37. The first-order valence-corrected chi connectivity index (χ1v) is 10.1. The van der Waals surface area contributed by atoms with Gasteiger partial charge in [0, 0.05) is 22.7 Å². The molecule has 2 aromatic carbocycles. The number of aromatic nitrogens is 2. The van der Waals surface area contributed by atoms with Crippen molar-refractivity contribution in [2.45, 2.75) is 39.1 Å². The molecule has 6 nitrogen and oxygen atoms in total. The highest BCUT2D eigenvalue weighted by atomic mass is 19.4. The quantitative estimate of drug-likeness (QED) is 0.388.